The first-order valence-corrected chi connectivity index (χ1v) is 4.55. The molecule has 0 bridgehead atoms. The van der Waals surface area contributed by atoms with Crippen molar-refractivity contribution in [2.75, 3.05) is 0 Å². The second-order valence-electron chi connectivity index (χ2n) is 4.30. The van der Waals surface area contributed by atoms with Crippen molar-refractivity contribution in [3.63, 3.8) is 0 Å². The van der Waals surface area contributed by atoms with Crippen LogP contribution in [0.5, 0.6) is 0 Å². The lowest BCUT2D eigenvalue weighted by molar-refractivity contribution is 0.352. The second-order valence-corrected chi connectivity index (χ2v) is 4.30. The van der Waals surface area contributed by atoms with Gasteiger partial charge >= 0.3 is 0 Å². The summed E-state index contributed by atoms with van der Waals surface area (Å²) >= 11 is 0. The van der Waals surface area contributed by atoms with E-state index in [1.54, 1.807) is 0 Å². The molecule has 0 saturated heterocycles. The zero-order chi connectivity index (χ0) is 7.89. The summed E-state index contributed by atoms with van der Waals surface area (Å²) in [4.78, 5) is 0. The van der Waals surface area contributed by atoms with Gasteiger partial charge in [0.25, 0.3) is 0 Å². The Balaban J connectivity index is 0.000001000. The Hall–Kier alpha value is -0.130. The molecular formula is C11H23+. The van der Waals surface area contributed by atoms with Gasteiger partial charge in [-0.3, -0.25) is 0 Å². The van der Waals surface area contributed by atoms with Gasteiger partial charge in [-0.25, -0.2) is 0 Å². The standard InChI is InChI=1S/C10H20.CH3/c1-6-7(2)9(4)10(5)8(6)3;/h6-10H,1-5H3;1H3/q;+1. The Bertz CT molecular complexity index is 72.4. The maximum absolute atomic E-state index is 2.40. The summed E-state index contributed by atoms with van der Waals surface area (Å²) in [6.07, 6.45) is 0. The van der Waals surface area contributed by atoms with E-state index >= 15 is 0 Å². The lowest BCUT2D eigenvalue weighted by Crippen LogP contribution is -2.07. The molecule has 0 aromatic rings. The first-order valence-electron chi connectivity index (χ1n) is 4.55. The van der Waals surface area contributed by atoms with Crippen molar-refractivity contribution < 1.29 is 0 Å². The highest BCUT2D eigenvalue weighted by Crippen LogP contribution is 2.44. The molecule has 0 heterocycles. The molecule has 0 heteroatoms. The van der Waals surface area contributed by atoms with Crippen molar-refractivity contribution in [1.29, 1.82) is 0 Å². The Kier molecular flexibility index (Phi) is 3.47. The van der Waals surface area contributed by atoms with E-state index in [-0.39, 0.29) is 7.43 Å². The molecule has 0 N–H and O–H groups in total. The Morgan fingerprint density at radius 1 is 0.455 bits per heavy atom. The molecule has 0 spiro atoms. The number of hydrogen-bond acceptors (Lipinski definition) is 0. The molecule has 0 nitrogen and oxygen atoms in total. The molecule has 1 aliphatic rings. The summed E-state index contributed by atoms with van der Waals surface area (Å²) in [7, 11) is 0. The van der Waals surface area contributed by atoms with Gasteiger partial charge < -0.3 is 0 Å². The van der Waals surface area contributed by atoms with Crippen LogP contribution < -0.4 is 0 Å². The fourth-order valence-corrected chi connectivity index (χ4v) is 2.39. The molecule has 0 unspecified atom stereocenters. The minimum absolute atomic E-state index is 0. The van der Waals surface area contributed by atoms with Gasteiger partial charge in [-0.2, -0.15) is 0 Å². The van der Waals surface area contributed by atoms with E-state index in [0.29, 0.717) is 0 Å². The summed E-state index contributed by atoms with van der Waals surface area (Å²) in [5.41, 5.74) is 0. The molecular weight excluding hydrogens is 132 g/mol. The smallest absolute Gasteiger partial charge is 0.0467 e. The Morgan fingerprint density at radius 2 is 0.545 bits per heavy atom. The third-order valence-corrected chi connectivity index (χ3v) is 4.15. The van der Waals surface area contributed by atoms with Gasteiger partial charge in [-0.15, -0.1) is 0 Å². The van der Waals surface area contributed by atoms with E-state index in [1.807, 2.05) is 0 Å². The Morgan fingerprint density at radius 3 is 0.636 bits per heavy atom. The number of rotatable bonds is 0. The maximum Gasteiger partial charge on any atom is 0.0467 e. The summed E-state index contributed by atoms with van der Waals surface area (Å²) in [6, 6.07) is 0. The molecule has 0 aromatic carbocycles. The SMILES string of the molecule is CC1C(C)C(C)C(C)C1C.[CH3+]. The van der Waals surface area contributed by atoms with Gasteiger partial charge in [-0.1, -0.05) is 34.6 Å². The van der Waals surface area contributed by atoms with Gasteiger partial charge in [-0.05, 0) is 29.6 Å². The predicted molar refractivity (Wildman–Crippen MR) is 52.2 cm³/mol. The number of hydrogen-bond donors (Lipinski definition) is 0. The van der Waals surface area contributed by atoms with Crippen molar-refractivity contribution in [2.24, 2.45) is 29.6 Å². The van der Waals surface area contributed by atoms with Crippen LogP contribution in [0, 0.1) is 37.0 Å². The van der Waals surface area contributed by atoms with E-state index in [0.717, 1.165) is 29.6 Å². The quantitative estimate of drug-likeness (QED) is 0.469. The van der Waals surface area contributed by atoms with Gasteiger partial charge in [0, 0.05) is 7.43 Å². The molecule has 1 fully saturated rings. The average molecular weight is 155 g/mol. The first-order chi connectivity index (χ1) is 4.55. The van der Waals surface area contributed by atoms with E-state index in [4.69, 9.17) is 0 Å². The van der Waals surface area contributed by atoms with Crippen LogP contribution in [0.4, 0.5) is 0 Å². The molecule has 0 amide bonds. The van der Waals surface area contributed by atoms with Crippen LogP contribution in [0.1, 0.15) is 34.6 Å². The molecule has 0 aliphatic heterocycles. The highest BCUT2D eigenvalue weighted by Gasteiger charge is 2.38. The fourth-order valence-electron chi connectivity index (χ4n) is 2.39. The second kappa shape index (κ2) is 3.51. The van der Waals surface area contributed by atoms with E-state index in [9.17, 15) is 0 Å². The average Bonchev–Trinajstić information content (AvgIpc) is 2.07. The zero-order valence-electron chi connectivity index (χ0n) is 8.89. The van der Waals surface area contributed by atoms with Crippen molar-refractivity contribution in [3.05, 3.63) is 7.43 Å². The lowest BCUT2D eigenvalue weighted by Gasteiger charge is -2.14. The normalized spacial score (nSPS) is 50.5. The van der Waals surface area contributed by atoms with E-state index < -0.39 is 0 Å². The molecule has 1 aliphatic carbocycles. The monoisotopic (exact) mass is 155 g/mol. The minimum atomic E-state index is 0. The largest absolute Gasteiger partial charge is 0.0620 e. The molecule has 1 rings (SSSR count). The van der Waals surface area contributed by atoms with Crippen LogP contribution in [-0.4, -0.2) is 0 Å². The Labute approximate surface area is 72.4 Å². The lowest BCUT2D eigenvalue weighted by atomic mass is 9.92. The summed E-state index contributed by atoms with van der Waals surface area (Å²) in [5.74, 6) is 4.68. The van der Waals surface area contributed by atoms with Crippen LogP contribution in [0.15, 0.2) is 0 Å². The predicted octanol–water partition coefficient (Wildman–Crippen LogP) is 3.63. The van der Waals surface area contributed by atoms with Crippen LogP contribution in [0.3, 0.4) is 0 Å². The molecule has 11 heavy (non-hydrogen) atoms. The zero-order valence-corrected chi connectivity index (χ0v) is 8.89. The topological polar surface area (TPSA) is 0 Å². The van der Waals surface area contributed by atoms with Crippen LogP contribution >= 0.6 is 0 Å². The molecule has 66 valence electrons. The van der Waals surface area contributed by atoms with Crippen LogP contribution in [-0.2, 0) is 0 Å². The molecule has 1 saturated carbocycles. The van der Waals surface area contributed by atoms with Gasteiger partial charge in [0.15, 0.2) is 0 Å². The van der Waals surface area contributed by atoms with Crippen molar-refractivity contribution in [1.82, 2.24) is 0 Å². The first kappa shape index (κ1) is 10.9. The van der Waals surface area contributed by atoms with Crippen molar-refractivity contribution >= 4 is 0 Å². The van der Waals surface area contributed by atoms with Crippen molar-refractivity contribution in [3.8, 4) is 0 Å². The minimum Gasteiger partial charge on any atom is -0.0620 e. The van der Waals surface area contributed by atoms with Gasteiger partial charge in [0.2, 0.25) is 0 Å². The summed E-state index contributed by atoms with van der Waals surface area (Å²) in [5, 5.41) is 0. The molecule has 0 atom stereocenters. The highest BCUT2D eigenvalue weighted by molar-refractivity contribution is 4.86. The highest BCUT2D eigenvalue weighted by atomic mass is 14.4. The van der Waals surface area contributed by atoms with E-state index in [2.05, 4.69) is 34.6 Å². The van der Waals surface area contributed by atoms with Crippen LogP contribution in [0.2, 0.25) is 0 Å². The van der Waals surface area contributed by atoms with Crippen LogP contribution in [0.25, 0.3) is 0 Å². The van der Waals surface area contributed by atoms with Gasteiger partial charge in [0.05, 0.1) is 0 Å². The molecule has 0 aromatic heterocycles. The summed E-state index contributed by atoms with van der Waals surface area (Å²) < 4.78 is 0. The van der Waals surface area contributed by atoms with E-state index in [1.165, 1.54) is 0 Å². The third kappa shape index (κ3) is 1.55. The van der Waals surface area contributed by atoms with Crippen molar-refractivity contribution in [2.45, 2.75) is 34.6 Å². The summed E-state index contributed by atoms with van der Waals surface area (Å²) in [6.45, 7) is 12.0. The molecule has 0 radical (unpaired) electrons. The third-order valence-electron chi connectivity index (χ3n) is 4.15. The fraction of sp³-hybridized carbons (Fsp3) is 0.909. The van der Waals surface area contributed by atoms with Gasteiger partial charge in [0.1, 0.15) is 0 Å². The maximum atomic E-state index is 2.40.